The normalized spacial score (nSPS) is 15.8. The van der Waals surface area contributed by atoms with E-state index in [4.69, 9.17) is 9.72 Å². The minimum Gasteiger partial charge on any atom is -0.493 e. The molecule has 0 N–H and O–H groups in total. The van der Waals surface area contributed by atoms with E-state index in [1.807, 2.05) is 11.0 Å². The molecule has 1 atom stereocenters. The van der Waals surface area contributed by atoms with Gasteiger partial charge in [0.15, 0.2) is 0 Å². The molecule has 1 aromatic heterocycles. The number of aromatic nitrogens is 2. The number of rotatable bonds is 8. The summed E-state index contributed by atoms with van der Waals surface area (Å²) in [4.78, 5) is 20.0. The van der Waals surface area contributed by atoms with Gasteiger partial charge in [-0.25, -0.2) is 4.98 Å². The molecule has 5 nitrogen and oxygen atoms in total. The molecule has 4 aromatic rings. The molecule has 0 spiro atoms. The zero-order chi connectivity index (χ0) is 26.1. The van der Waals surface area contributed by atoms with Crippen molar-refractivity contribution in [1.82, 2.24) is 9.55 Å². The van der Waals surface area contributed by atoms with E-state index in [2.05, 4.69) is 93.8 Å². The van der Waals surface area contributed by atoms with Crippen molar-refractivity contribution in [1.29, 1.82) is 0 Å². The molecule has 0 saturated carbocycles. The third-order valence-electron chi connectivity index (χ3n) is 7.55. The Morgan fingerprint density at radius 2 is 1.81 bits per heavy atom. The number of benzene rings is 3. The molecule has 0 radical (unpaired) electrons. The topological polar surface area (TPSA) is 47.4 Å². The number of fused-ring (bicyclic) bond motifs is 1. The summed E-state index contributed by atoms with van der Waals surface area (Å²) in [6.45, 7) is 12.8. The Morgan fingerprint density at radius 3 is 2.59 bits per heavy atom. The van der Waals surface area contributed by atoms with E-state index in [1.165, 1.54) is 22.3 Å². The van der Waals surface area contributed by atoms with Crippen molar-refractivity contribution in [2.75, 3.05) is 18.1 Å². The molecule has 0 bridgehead atoms. The van der Waals surface area contributed by atoms with Crippen molar-refractivity contribution >= 4 is 22.6 Å². The van der Waals surface area contributed by atoms with Gasteiger partial charge in [-0.2, -0.15) is 0 Å². The Balaban J connectivity index is 1.35. The smallest absolute Gasteiger partial charge is 0.227 e. The number of carbonyl (C=O) groups excluding carboxylic acids is 1. The predicted octanol–water partition coefficient (Wildman–Crippen LogP) is 7.07. The maximum Gasteiger partial charge on any atom is 0.227 e. The van der Waals surface area contributed by atoms with Crippen molar-refractivity contribution in [2.45, 2.75) is 65.8 Å². The van der Waals surface area contributed by atoms with Crippen LogP contribution in [-0.2, 0) is 11.3 Å². The highest BCUT2D eigenvalue weighted by Gasteiger charge is 2.35. The Hall–Kier alpha value is -3.60. The second kappa shape index (κ2) is 10.4. The summed E-state index contributed by atoms with van der Waals surface area (Å²) in [5.74, 6) is 2.62. The maximum absolute atomic E-state index is 13.1. The predicted molar refractivity (Wildman–Crippen MR) is 151 cm³/mol. The summed E-state index contributed by atoms with van der Waals surface area (Å²) in [7, 11) is 0. The van der Waals surface area contributed by atoms with E-state index in [-0.39, 0.29) is 11.8 Å². The van der Waals surface area contributed by atoms with Crippen LogP contribution in [0.1, 0.15) is 66.6 Å². The minimum atomic E-state index is 0.0618. The molecule has 2 heterocycles. The number of hydrogen-bond donors (Lipinski definition) is 0. The van der Waals surface area contributed by atoms with E-state index >= 15 is 0 Å². The van der Waals surface area contributed by atoms with Crippen LogP contribution in [0.15, 0.2) is 60.7 Å². The Labute approximate surface area is 220 Å². The molecule has 0 aliphatic carbocycles. The summed E-state index contributed by atoms with van der Waals surface area (Å²) >= 11 is 0. The monoisotopic (exact) mass is 495 g/mol. The molecule has 1 saturated heterocycles. The quantitative estimate of drug-likeness (QED) is 0.246. The number of hydrogen-bond acceptors (Lipinski definition) is 3. The molecule has 1 amide bonds. The molecule has 1 aliphatic rings. The Bertz CT molecular complexity index is 1440. The Morgan fingerprint density at radius 1 is 1.00 bits per heavy atom. The molecular formula is C32H37N3O2. The van der Waals surface area contributed by atoms with Crippen LogP contribution in [0.2, 0.25) is 0 Å². The lowest BCUT2D eigenvalue weighted by molar-refractivity contribution is -0.117. The first kappa shape index (κ1) is 25.1. The van der Waals surface area contributed by atoms with Gasteiger partial charge in [0.25, 0.3) is 0 Å². The van der Waals surface area contributed by atoms with Gasteiger partial charge in [-0.05, 0) is 85.7 Å². The lowest BCUT2D eigenvalue weighted by Crippen LogP contribution is -2.24. The first-order valence-corrected chi connectivity index (χ1v) is 13.4. The van der Waals surface area contributed by atoms with Gasteiger partial charge in [-0.15, -0.1) is 0 Å². The SMILES string of the molecule is Cc1ccc(C(C)C)c(OCCCn2c(C3CC(=O)N(c4ccc(C)c(C)c4)C3)nc3ccccc32)c1. The second-order valence-electron chi connectivity index (χ2n) is 10.7. The maximum atomic E-state index is 13.1. The molecule has 37 heavy (non-hydrogen) atoms. The summed E-state index contributed by atoms with van der Waals surface area (Å²) in [5.41, 5.74) is 7.98. The molecule has 5 heteroatoms. The second-order valence-corrected chi connectivity index (χ2v) is 10.7. The van der Waals surface area contributed by atoms with Crippen molar-refractivity contribution in [3.8, 4) is 5.75 Å². The van der Waals surface area contributed by atoms with Crippen molar-refractivity contribution in [3.05, 3.63) is 88.7 Å². The summed E-state index contributed by atoms with van der Waals surface area (Å²) < 4.78 is 8.58. The number of anilines is 1. The standard InChI is InChI=1S/C32H37N3O2/c1-21(2)27-14-11-22(3)17-30(27)37-16-8-15-34-29-10-7-6-9-28(29)33-32(34)25-19-31(36)35(20-25)26-13-12-23(4)24(5)18-26/h6-7,9-14,17-18,21,25H,8,15-16,19-20H2,1-5H3. The van der Waals surface area contributed by atoms with Crippen LogP contribution in [0, 0.1) is 20.8 Å². The first-order chi connectivity index (χ1) is 17.8. The first-order valence-electron chi connectivity index (χ1n) is 13.4. The van der Waals surface area contributed by atoms with Gasteiger partial charge in [0.2, 0.25) is 5.91 Å². The lowest BCUT2D eigenvalue weighted by atomic mass is 10.0. The van der Waals surface area contributed by atoms with Gasteiger partial charge < -0.3 is 14.2 Å². The van der Waals surface area contributed by atoms with Gasteiger partial charge in [-0.3, -0.25) is 4.79 Å². The fraction of sp³-hybridized carbons (Fsp3) is 0.375. The number of amides is 1. The van der Waals surface area contributed by atoms with E-state index in [0.717, 1.165) is 41.3 Å². The van der Waals surface area contributed by atoms with Crippen molar-refractivity contribution < 1.29 is 9.53 Å². The summed E-state index contributed by atoms with van der Waals surface area (Å²) in [5, 5.41) is 0. The average Bonchev–Trinajstić information content (AvgIpc) is 3.44. The number of carbonyl (C=O) groups is 1. The van der Waals surface area contributed by atoms with Crippen LogP contribution in [0.4, 0.5) is 5.69 Å². The van der Waals surface area contributed by atoms with Crippen LogP contribution in [0.5, 0.6) is 5.75 Å². The zero-order valence-electron chi connectivity index (χ0n) is 22.6. The molecule has 1 fully saturated rings. The van der Waals surface area contributed by atoms with E-state index < -0.39 is 0 Å². The van der Waals surface area contributed by atoms with Crippen LogP contribution >= 0.6 is 0 Å². The van der Waals surface area contributed by atoms with Gasteiger partial charge >= 0.3 is 0 Å². The third kappa shape index (κ3) is 5.13. The molecule has 1 unspecified atom stereocenters. The summed E-state index contributed by atoms with van der Waals surface area (Å²) in [6, 6.07) is 21.0. The number of para-hydroxylation sites is 2. The third-order valence-corrected chi connectivity index (χ3v) is 7.55. The van der Waals surface area contributed by atoms with Crippen LogP contribution in [-0.4, -0.2) is 28.6 Å². The van der Waals surface area contributed by atoms with Gasteiger partial charge in [-0.1, -0.05) is 44.2 Å². The fourth-order valence-corrected chi connectivity index (χ4v) is 5.31. The number of imidazole rings is 1. The van der Waals surface area contributed by atoms with Crippen molar-refractivity contribution in [2.24, 2.45) is 0 Å². The van der Waals surface area contributed by atoms with Crippen LogP contribution < -0.4 is 9.64 Å². The number of nitrogens with zero attached hydrogens (tertiary/aromatic N) is 3. The zero-order valence-corrected chi connectivity index (χ0v) is 22.6. The number of ether oxygens (including phenoxy) is 1. The summed E-state index contributed by atoms with van der Waals surface area (Å²) in [6.07, 6.45) is 1.34. The highest BCUT2D eigenvalue weighted by Crippen LogP contribution is 2.34. The van der Waals surface area contributed by atoms with Crippen LogP contribution in [0.3, 0.4) is 0 Å². The highest BCUT2D eigenvalue weighted by molar-refractivity contribution is 5.96. The highest BCUT2D eigenvalue weighted by atomic mass is 16.5. The van der Waals surface area contributed by atoms with Gasteiger partial charge in [0.1, 0.15) is 11.6 Å². The Kier molecular flexibility index (Phi) is 7.05. The van der Waals surface area contributed by atoms with E-state index in [9.17, 15) is 4.79 Å². The molecular weight excluding hydrogens is 458 g/mol. The van der Waals surface area contributed by atoms with Crippen molar-refractivity contribution in [3.63, 3.8) is 0 Å². The van der Waals surface area contributed by atoms with E-state index in [0.29, 0.717) is 25.5 Å². The largest absolute Gasteiger partial charge is 0.493 e. The van der Waals surface area contributed by atoms with Gasteiger partial charge in [0.05, 0.1) is 17.6 Å². The molecule has 5 rings (SSSR count). The average molecular weight is 496 g/mol. The van der Waals surface area contributed by atoms with Gasteiger partial charge in [0, 0.05) is 31.1 Å². The molecule has 3 aromatic carbocycles. The minimum absolute atomic E-state index is 0.0618. The van der Waals surface area contributed by atoms with Crippen LogP contribution in [0.25, 0.3) is 11.0 Å². The molecule has 1 aliphatic heterocycles. The van der Waals surface area contributed by atoms with E-state index in [1.54, 1.807) is 0 Å². The number of aryl methyl sites for hydroxylation is 4. The fourth-order valence-electron chi connectivity index (χ4n) is 5.31. The lowest BCUT2D eigenvalue weighted by Gasteiger charge is -2.19. The molecule has 192 valence electrons.